The highest BCUT2D eigenvalue weighted by Crippen LogP contribution is 2.17. The second-order valence-corrected chi connectivity index (χ2v) is 4.74. The molecule has 0 aliphatic heterocycles. The van der Waals surface area contributed by atoms with Gasteiger partial charge < -0.3 is 5.32 Å². The van der Waals surface area contributed by atoms with E-state index in [1.54, 1.807) is 23.1 Å². The van der Waals surface area contributed by atoms with Crippen LogP contribution in [0.15, 0.2) is 29.0 Å². The van der Waals surface area contributed by atoms with E-state index in [2.05, 4.69) is 31.3 Å². The fraction of sp³-hybridized carbons (Fsp3) is 0.333. The van der Waals surface area contributed by atoms with Crippen LogP contribution in [0.3, 0.4) is 0 Å². The van der Waals surface area contributed by atoms with E-state index in [-0.39, 0.29) is 5.82 Å². The fourth-order valence-corrected chi connectivity index (χ4v) is 1.98. The summed E-state index contributed by atoms with van der Waals surface area (Å²) in [5.41, 5.74) is 0.975. The lowest BCUT2D eigenvalue weighted by Gasteiger charge is -2.02. The lowest BCUT2D eigenvalue weighted by Crippen LogP contribution is -2.13. The molecular formula is C12H14BrFN4. The van der Waals surface area contributed by atoms with Crippen molar-refractivity contribution in [3.63, 3.8) is 0 Å². The predicted molar refractivity (Wildman–Crippen MR) is 70.6 cm³/mol. The van der Waals surface area contributed by atoms with Gasteiger partial charge in [-0.15, -0.1) is 0 Å². The Morgan fingerprint density at radius 3 is 3.00 bits per heavy atom. The minimum atomic E-state index is -0.259. The van der Waals surface area contributed by atoms with E-state index in [1.165, 1.54) is 6.07 Å². The molecule has 0 saturated carbocycles. The molecule has 1 heterocycles. The molecule has 4 nitrogen and oxygen atoms in total. The Morgan fingerprint density at radius 2 is 2.28 bits per heavy atom. The summed E-state index contributed by atoms with van der Waals surface area (Å²) in [7, 11) is 0. The normalized spacial score (nSPS) is 10.8. The van der Waals surface area contributed by atoms with Gasteiger partial charge in [0.1, 0.15) is 12.1 Å². The predicted octanol–water partition coefficient (Wildman–Crippen LogP) is 2.34. The molecule has 0 saturated heterocycles. The van der Waals surface area contributed by atoms with Crippen molar-refractivity contribution < 1.29 is 4.39 Å². The van der Waals surface area contributed by atoms with Crippen LogP contribution in [0.5, 0.6) is 0 Å². The van der Waals surface area contributed by atoms with Crippen LogP contribution in [0.1, 0.15) is 18.3 Å². The molecule has 0 radical (unpaired) electrons. The van der Waals surface area contributed by atoms with E-state index in [0.29, 0.717) is 17.6 Å². The molecule has 1 aromatic carbocycles. The van der Waals surface area contributed by atoms with Crippen molar-refractivity contribution in [1.29, 1.82) is 0 Å². The van der Waals surface area contributed by atoms with Crippen LogP contribution < -0.4 is 5.32 Å². The molecule has 18 heavy (non-hydrogen) atoms. The van der Waals surface area contributed by atoms with Gasteiger partial charge in [-0.2, -0.15) is 5.10 Å². The van der Waals surface area contributed by atoms with Gasteiger partial charge in [0.15, 0.2) is 5.82 Å². The number of rotatable bonds is 5. The molecule has 0 bridgehead atoms. The van der Waals surface area contributed by atoms with E-state index >= 15 is 0 Å². The maximum atomic E-state index is 13.1. The monoisotopic (exact) mass is 312 g/mol. The summed E-state index contributed by atoms with van der Waals surface area (Å²) in [6.07, 6.45) is 1.68. The van der Waals surface area contributed by atoms with Crippen molar-refractivity contribution in [2.24, 2.45) is 0 Å². The highest BCUT2D eigenvalue weighted by Gasteiger charge is 2.03. The van der Waals surface area contributed by atoms with Gasteiger partial charge in [-0.1, -0.05) is 13.0 Å². The number of hydrogen-bond acceptors (Lipinski definition) is 3. The first-order valence-electron chi connectivity index (χ1n) is 5.72. The van der Waals surface area contributed by atoms with Crippen molar-refractivity contribution in [1.82, 2.24) is 20.1 Å². The first-order valence-corrected chi connectivity index (χ1v) is 6.51. The molecule has 0 aliphatic carbocycles. The first kappa shape index (κ1) is 13.2. The Kier molecular flexibility index (Phi) is 4.43. The summed E-state index contributed by atoms with van der Waals surface area (Å²) < 4.78 is 15.3. The van der Waals surface area contributed by atoms with E-state index in [9.17, 15) is 4.39 Å². The average Bonchev–Trinajstić information content (AvgIpc) is 2.79. The zero-order chi connectivity index (χ0) is 13.0. The maximum absolute atomic E-state index is 13.1. The van der Waals surface area contributed by atoms with E-state index in [1.807, 2.05) is 6.92 Å². The third-order valence-electron chi connectivity index (χ3n) is 2.45. The standard InChI is InChI=1S/C12H14BrFN4/c1-2-15-6-12-16-8-18(17-12)7-9-3-4-11(14)10(13)5-9/h3-5,8,15H,2,6-7H2,1H3. The summed E-state index contributed by atoms with van der Waals surface area (Å²) in [6.45, 7) is 4.17. The number of nitrogens with zero attached hydrogens (tertiary/aromatic N) is 3. The maximum Gasteiger partial charge on any atom is 0.164 e. The number of aromatic nitrogens is 3. The SMILES string of the molecule is CCNCc1ncn(Cc2ccc(F)c(Br)c2)n1. The zero-order valence-electron chi connectivity index (χ0n) is 10.0. The van der Waals surface area contributed by atoms with Crippen molar-refractivity contribution in [3.05, 3.63) is 46.2 Å². The molecule has 0 fully saturated rings. The Balaban J connectivity index is 2.04. The molecular weight excluding hydrogens is 299 g/mol. The number of benzene rings is 1. The van der Waals surface area contributed by atoms with Crippen molar-refractivity contribution in [2.75, 3.05) is 6.54 Å². The minimum Gasteiger partial charge on any atom is -0.310 e. The third kappa shape index (κ3) is 3.36. The van der Waals surface area contributed by atoms with Crippen LogP contribution >= 0.6 is 15.9 Å². The van der Waals surface area contributed by atoms with Crippen molar-refractivity contribution in [3.8, 4) is 0 Å². The van der Waals surface area contributed by atoms with E-state index in [4.69, 9.17) is 0 Å². The summed E-state index contributed by atoms with van der Waals surface area (Å²) in [5, 5.41) is 7.49. The van der Waals surface area contributed by atoms with E-state index in [0.717, 1.165) is 17.9 Å². The first-order chi connectivity index (χ1) is 8.69. The summed E-state index contributed by atoms with van der Waals surface area (Å²) in [6, 6.07) is 4.93. The van der Waals surface area contributed by atoms with Crippen LogP contribution in [-0.2, 0) is 13.1 Å². The van der Waals surface area contributed by atoms with Crippen LogP contribution in [-0.4, -0.2) is 21.3 Å². The van der Waals surface area contributed by atoms with Gasteiger partial charge in [0.2, 0.25) is 0 Å². The molecule has 1 aromatic heterocycles. The zero-order valence-corrected chi connectivity index (χ0v) is 11.6. The number of halogens is 2. The molecule has 1 N–H and O–H groups in total. The van der Waals surface area contributed by atoms with Crippen LogP contribution in [0.4, 0.5) is 4.39 Å². The largest absolute Gasteiger partial charge is 0.310 e. The summed E-state index contributed by atoms with van der Waals surface area (Å²) in [5.74, 6) is 0.503. The Morgan fingerprint density at radius 1 is 1.44 bits per heavy atom. The lowest BCUT2D eigenvalue weighted by molar-refractivity contribution is 0.615. The Labute approximate surface area is 113 Å². The second-order valence-electron chi connectivity index (χ2n) is 3.89. The van der Waals surface area contributed by atoms with Crippen molar-refractivity contribution in [2.45, 2.75) is 20.0 Å². The number of hydrogen-bond donors (Lipinski definition) is 1. The van der Waals surface area contributed by atoms with Gasteiger partial charge >= 0.3 is 0 Å². The van der Waals surface area contributed by atoms with Gasteiger partial charge in [0.05, 0.1) is 17.6 Å². The molecule has 2 aromatic rings. The van der Waals surface area contributed by atoms with Gasteiger partial charge in [-0.05, 0) is 40.2 Å². The van der Waals surface area contributed by atoms with Gasteiger partial charge in [-0.3, -0.25) is 0 Å². The van der Waals surface area contributed by atoms with Crippen LogP contribution in [0.25, 0.3) is 0 Å². The molecule has 0 amide bonds. The summed E-state index contributed by atoms with van der Waals surface area (Å²) >= 11 is 3.17. The van der Waals surface area contributed by atoms with Gasteiger partial charge in [-0.25, -0.2) is 14.1 Å². The Hall–Kier alpha value is -1.27. The van der Waals surface area contributed by atoms with Crippen LogP contribution in [0.2, 0.25) is 0 Å². The molecule has 0 spiro atoms. The molecule has 2 rings (SSSR count). The lowest BCUT2D eigenvalue weighted by atomic mass is 10.2. The molecule has 0 unspecified atom stereocenters. The molecule has 0 aliphatic rings. The fourth-order valence-electron chi connectivity index (χ4n) is 1.55. The molecule has 0 atom stereocenters. The third-order valence-corrected chi connectivity index (χ3v) is 3.05. The average molecular weight is 313 g/mol. The van der Waals surface area contributed by atoms with Crippen LogP contribution in [0, 0.1) is 5.82 Å². The minimum absolute atomic E-state index is 0.259. The topological polar surface area (TPSA) is 42.7 Å². The molecule has 96 valence electrons. The van der Waals surface area contributed by atoms with Gasteiger partial charge in [0, 0.05) is 0 Å². The smallest absolute Gasteiger partial charge is 0.164 e. The highest BCUT2D eigenvalue weighted by atomic mass is 79.9. The second kappa shape index (κ2) is 6.06. The van der Waals surface area contributed by atoms with Gasteiger partial charge in [0.25, 0.3) is 0 Å². The summed E-state index contributed by atoms with van der Waals surface area (Å²) in [4.78, 5) is 4.19. The highest BCUT2D eigenvalue weighted by molar-refractivity contribution is 9.10. The number of nitrogens with one attached hydrogen (secondary N) is 1. The quantitative estimate of drug-likeness (QED) is 0.921. The molecule has 6 heteroatoms. The van der Waals surface area contributed by atoms with E-state index < -0.39 is 0 Å². The van der Waals surface area contributed by atoms with Crippen molar-refractivity contribution >= 4 is 15.9 Å². The Bertz CT molecular complexity index is 527.